The summed E-state index contributed by atoms with van der Waals surface area (Å²) in [5.41, 5.74) is 0. The van der Waals surface area contributed by atoms with Crippen molar-refractivity contribution in [1.82, 2.24) is 4.90 Å². The average Bonchev–Trinajstić information content (AvgIpc) is 3.22. The van der Waals surface area contributed by atoms with Crippen molar-refractivity contribution in [2.75, 3.05) is 0 Å². The second-order valence-electron chi connectivity index (χ2n) is 6.22. The molecule has 2 aliphatic rings. The number of carbonyl (C=O) groups is 1. The summed E-state index contributed by atoms with van der Waals surface area (Å²) in [6.45, 7) is 4.47. The minimum atomic E-state index is 0.444. The van der Waals surface area contributed by atoms with Gasteiger partial charge in [0, 0.05) is 18.5 Å². The van der Waals surface area contributed by atoms with Gasteiger partial charge in [-0.15, -0.1) is 0 Å². The van der Waals surface area contributed by atoms with Gasteiger partial charge >= 0.3 is 0 Å². The molecule has 2 nitrogen and oxygen atoms in total. The number of rotatable bonds is 6. The molecule has 0 aromatic carbocycles. The van der Waals surface area contributed by atoms with E-state index in [1.54, 1.807) is 0 Å². The molecule has 0 aromatic rings. The molecule has 0 aliphatic heterocycles. The maximum Gasteiger partial charge on any atom is 0.223 e. The summed E-state index contributed by atoms with van der Waals surface area (Å²) in [5.74, 6) is 1.37. The average molecular weight is 251 g/mol. The molecule has 18 heavy (non-hydrogen) atoms. The van der Waals surface area contributed by atoms with Gasteiger partial charge in [-0.25, -0.2) is 0 Å². The normalized spacial score (nSPS) is 28.1. The lowest BCUT2D eigenvalue weighted by atomic mass is 9.83. The molecule has 2 aliphatic carbocycles. The fraction of sp³-hybridized carbons (Fsp3) is 0.938. The van der Waals surface area contributed by atoms with Crippen molar-refractivity contribution in [3.8, 4) is 0 Å². The summed E-state index contributed by atoms with van der Waals surface area (Å²) in [4.78, 5) is 14.7. The summed E-state index contributed by atoms with van der Waals surface area (Å²) < 4.78 is 0. The van der Waals surface area contributed by atoms with Crippen molar-refractivity contribution >= 4 is 5.91 Å². The lowest BCUT2D eigenvalue weighted by molar-refractivity contribution is -0.135. The van der Waals surface area contributed by atoms with Crippen LogP contribution in [0.2, 0.25) is 0 Å². The van der Waals surface area contributed by atoms with Gasteiger partial charge in [-0.3, -0.25) is 4.79 Å². The Morgan fingerprint density at radius 2 is 1.56 bits per heavy atom. The highest BCUT2D eigenvalue weighted by molar-refractivity contribution is 5.77. The van der Waals surface area contributed by atoms with Crippen LogP contribution < -0.4 is 0 Å². The van der Waals surface area contributed by atoms with E-state index < -0.39 is 0 Å². The van der Waals surface area contributed by atoms with Crippen LogP contribution in [0.1, 0.15) is 78.1 Å². The Morgan fingerprint density at radius 3 is 2.00 bits per heavy atom. The molecule has 2 saturated carbocycles. The van der Waals surface area contributed by atoms with Gasteiger partial charge in [-0.1, -0.05) is 26.7 Å². The van der Waals surface area contributed by atoms with Crippen LogP contribution in [0.15, 0.2) is 0 Å². The molecule has 0 unspecified atom stereocenters. The third-order valence-electron chi connectivity index (χ3n) is 4.76. The molecule has 0 aromatic heterocycles. The second kappa shape index (κ2) is 6.58. The molecule has 0 saturated heterocycles. The molecule has 0 N–H and O–H groups in total. The first-order valence-corrected chi connectivity index (χ1v) is 8.07. The van der Waals surface area contributed by atoms with Crippen molar-refractivity contribution in [1.29, 1.82) is 0 Å². The minimum Gasteiger partial charge on any atom is -0.337 e. The summed E-state index contributed by atoms with van der Waals surface area (Å²) in [6.07, 6.45) is 12.0. The van der Waals surface area contributed by atoms with E-state index in [1.807, 2.05) is 0 Å². The zero-order valence-corrected chi connectivity index (χ0v) is 12.2. The number of unbranched alkanes of at least 4 members (excludes halogenated alkanes) is 1. The van der Waals surface area contributed by atoms with Gasteiger partial charge < -0.3 is 4.90 Å². The molecule has 2 heteroatoms. The van der Waals surface area contributed by atoms with Gasteiger partial charge in [0.1, 0.15) is 0 Å². The smallest absolute Gasteiger partial charge is 0.223 e. The van der Waals surface area contributed by atoms with E-state index in [0.29, 0.717) is 18.0 Å². The summed E-state index contributed by atoms with van der Waals surface area (Å²) >= 11 is 0. The summed E-state index contributed by atoms with van der Waals surface area (Å²) in [6, 6.07) is 1.18. The highest BCUT2D eigenvalue weighted by Gasteiger charge is 2.38. The molecule has 1 amide bonds. The van der Waals surface area contributed by atoms with Crippen LogP contribution in [0.5, 0.6) is 0 Å². The largest absolute Gasteiger partial charge is 0.337 e. The lowest BCUT2D eigenvalue weighted by Crippen LogP contribution is -2.43. The van der Waals surface area contributed by atoms with Crippen molar-refractivity contribution in [3.05, 3.63) is 0 Å². The maximum absolute atomic E-state index is 12.4. The molecule has 0 radical (unpaired) electrons. The highest BCUT2D eigenvalue weighted by Crippen LogP contribution is 2.36. The molecule has 0 heterocycles. The Hall–Kier alpha value is -0.530. The van der Waals surface area contributed by atoms with Crippen LogP contribution in [-0.2, 0) is 4.79 Å². The molecule has 0 atom stereocenters. The van der Waals surface area contributed by atoms with Crippen LogP contribution >= 0.6 is 0 Å². The van der Waals surface area contributed by atoms with Crippen molar-refractivity contribution < 1.29 is 4.79 Å². The van der Waals surface area contributed by atoms with E-state index in [2.05, 4.69) is 18.7 Å². The fourth-order valence-electron chi connectivity index (χ4n) is 3.35. The molecule has 0 spiro atoms. The number of hydrogen-bond acceptors (Lipinski definition) is 1. The predicted octanol–water partition coefficient (Wildman–Crippen LogP) is 4.14. The molecule has 0 bridgehead atoms. The van der Waals surface area contributed by atoms with Gasteiger partial charge in [-0.05, 0) is 50.9 Å². The van der Waals surface area contributed by atoms with Gasteiger partial charge in [-0.2, -0.15) is 0 Å². The molecular formula is C16H29NO. The van der Waals surface area contributed by atoms with E-state index in [0.717, 1.165) is 25.2 Å². The number of nitrogens with zero attached hydrogens (tertiary/aromatic N) is 1. The Morgan fingerprint density at radius 1 is 1.00 bits per heavy atom. The van der Waals surface area contributed by atoms with Crippen LogP contribution in [0.4, 0.5) is 0 Å². The lowest BCUT2D eigenvalue weighted by Gasteiger charge is -2.37. The number of hydrogen-bond donors (Lipinski definition) is 0. The number of amides is 1. The maximum atomic E-state index is 12.4. The van der Waals surface area contributed by atoms with E-state index in [9.17, 15) is 4.79 Å². The van der Waals surface area contributed by atoms with Crippen molar-refractivity contribution in [2.45, 2.75) is 90.1 Å². The van der Waals surface area contributed by atoms with E-state index in [4.69, 9.17) is 0 Å². The zero-order valence-electron chi connectivity index (χ0n) is 12.2. The third kappa shape index (κ3) is 3.49. The van der Waals surface area contributed by atoms with Crippen LogP contribution in [-0.4, -0.2) is 22.9 Å². The highest BCUT2D eigenvalue weighted by atomic mass is 16.2. The van der Waals surface area contributed by atoms with Crippen LogP contribution in [0, 0.1) is 5.92 Å². The first-order valence-electron chi connectivity index (χ1n) is 8.07. The number of carbonyl (C=O) groups excluding carboxylic acids is 1. The van der Waals surface area contributed by atoms with Crippen LogP contribution in [0.25, 0.3) is 0 Å². The first kappa shape index (κ1) is 13.9. The Bertz CT molecular complexity index is 264. The van der Waals surface area contributed by atoms with Crippen molar-refractivity contribution in [2.24, 2.45) is 5.92 Å². The Labute approximate surface area is 112 Å². The Balaban J connectivity index is 1.88. The van der Waals surface area contributed by atoms with Crippen LogP contribution in [0.3, 0.4) is 0 Å². The molecule has 2 rings (SSSR count). The van der Waals surface area contributed by atoms with Gasteiger partial charge in [0.05, 0.1) is 0 Å². The predicted molar refractivity (Wildman–Crippen MR) is 75.4 cm³/mol. The minimum absolute atomic E-state index is 0.444. The molecule has 104 valence electrons. The SMILES string of the molecule is CCCCC(=O)N(C1CCC(CC)CC1)C1CC1. The van der Waals surface area contributed by atoms with Gasteiger partial charge in [0.2, 0.25) is 5.91 Å². The summed E-state index contributed by atoms with van der Waals surface area (Å²) in [7, 11) is 0. The quantitative estimate of drug-likeness (QED) is 0.695. The van der Waals surface area contributed by atoms with E-state index in [1.165, 1.54) is 44.9 Å². The molecular weight excluding hydrogens is 222 g/mol. The first-order chi connectivity index (χ1) is 8.76. The Kier molecular flexibility index (Phi) is 5.08. The molecule has 2 fully saturated rings. The zero-order chi connectivity index (χ0) is 13.0. The topological polar surface area (TPSA) is 20.3 Å². The third-order valence-corrected chi connectivity index (χ3v) is 4.76. The van der Waals surface area contributed by atoms with Crippen molar-refractivity contribution in [3.63, 3.8) is 0 Å². The van der Waals surface area contributed by atoms with Gasteiger partial charge in [0.15, 0.2) is 0 Å². The van der Waals surface area contributed by atoms with E-state index in [-0.39, 0.29) is 0 Å². The monoisotopic (exact) mass is 251 g/mol. The second-order valence-corrected chi connectivity index (χ2v) is 6.22. The fourth-order valence-corrected chi connectivity index (χ4v) is 3.35. The van der Waals surface area contributed by atoms with Gasteiger partial charge in [0.25, 0.3) is 0 Å². The van der Waals surface area contributed by atoms with E-state index >= 15 is 0 Å². The summed E-state index contributed by atoms with van der Waals surface area (Å²) in [5, 5.41) is 0. The standard InChI is InChI=1S/C16H29NO/c1-3-5-6-16(18)17(15-11-12-15)14-9-7-13(4-2)8-10-14/h13-15H,3-12H2,1-2H3.